The highest BCUT2D eigenvalue weighted by atomic mass is 35.5. The van der Waals surface area contributed by atoms with Crippen molar-refractivity contribution in [3.63, 3.8) is 0 Å². The van der Waals surface area contributed by atoms with Crippen molar-refractivity contribution in [2.24, 2.45) is 0 Å². The second-order valence-electron chi connectivity index (χ2n) is 4.76. The Morgan fingerprint density at radius 3 is 2.86 bits per heavy atom. The Balaban J connectivity index is 0.00000220. The van der Waals surface area contributed by atoms with E-state index in [1.807, 2.05) is 7.05 Å². The largest absolute Gasteiger partial charge is 0.478 e. The molecule has 2 amide bonds. The number of carbonyl (C=O) groups is 2. The van der Waals surface area contributed by atoms with Gasteiger partial charge in [0.05, 0.1) is 11.3 Å². The summed E-state index contributed by atoms with van der Waals surface area (Å²) in [5.74, 6) is 0.118. The molecule has 2 rings (SSSR count). The lowest BCUT2D eigenvalue weighted by Crippen LogP contribution is -2.37. The molecule has 0 saturated heterocycles. The van der Waals surface area contributed by atoms with Gasteiger partial charge in [-0.05, 0) is 26.1 Å². The molecule has 116 valence electrons. The van der Waals surface area contributed by atoms with Gasteiger partial charge in [0.1, 0.15) is 0 Å². The Morgan fingerprint density at radius 2 is 2.19 bits per heavy atom. The number of rotatable bonds is 4. The maximum Gasteiger partial charge on any atom is 0.265 e. The van der Waals surface area contributed by atoms with Crippen LogP contribution in [0.25, 0.3) is 0 Å². The van der Waals surface area contributed by atoms with Gasteiger partial charge in [0, 0.05) is 20.1 Å². The molecule has 0 spiro atoms. The molecule has 6 nitrogen and oxygen atoms in total. The zero-order chi connectivity index (χ0) is 14.7. The molecule has 0 saturated carbocycles. The topological polar surface area (TPSA) is 70.7 Å². The lowest BCUT2D eigenvalue weighted by molar-refractivity contribution is -0.122. The van der Waals surface area contributed by atoms with E-state index in [1.54, 1.807) is 37.1 Å². The number of ether oxygens (including phenoxy) is 1. The van der Waals surface area contributed by atoms with Gasteiger partial charge in [-0.15, -0.1) is 12.4 Å². The highest BCUT2D eigenvalue weighted by Crippen LogP contribution is 2.33. The molecule has 21 heavy (non-hydrogen) atoms. The highest BCUT2D eigenvalue weighted by Gasteiger charge is 2.28. The van der Waals surface area contributed by atoms with Crippen molar-refractivity contribution in [2.45, 2.75) is 13.0 Å². The summed E-state index contributed by atoms with van der Waals surface area (Å²) >= 11 is 0. The number of nitrogens with one attached hydrogen (secondary N) is 2. The molecule has 1 aromatic rings. The number of para-hydroxylation sites is 1. The minimum Gasteiger partial charge on any atom is -0.478 e. The van der Waals surface area contributed by atoms with Crippen LogP contribution < -0.4 is 15.4 Å². The molecule has 0 aliphatic carbocycles. The Morgan fingerprint density at radius 1 is 1.48 bits per heavy atom. The van der Waals surface area contributed by atoms with Crippen LogP contribution in [0.2, 0.25) is 0 Å². The molecule has 1 unspecified atom stereocenters. The van der Waals surface area contributed by atoms with E-state index in [1.165, 1.54) is 0 Å². The normalized spacial score (nSPS) is 16.1. The molecule has 1 aromatic carbocycles. The van der Waals surface area contributed by atoms with Crippen LogP contribution >= 0.6 is 12.4 Å². The quantitative estimate of drug-likeness (QED) is 0.874. The lowest BCUT2D eigenvalue weighted by atomic mass is 10.1. The van der Waals surface area contributed by atoms with Gasteiger partial charge in [0.25, 0.3) is 11.8 Å². The first kappa shape index (κ1) is 17.3. The van der Waals surface area contributed by atoms with E-state index in [9.17, 15) is 9.59 Å². The van der Waals surface area contributed by atoms with E-state index in [-0.39, 0.29) is 24.2 Å². The number of halogens is 1. The Labute approximate surface area is 130 Å². The second-order valence-corrected chi connectivity index (χ2v) is 4.76. The number of hydrogen-bond acceptors (Lipinski definition) is 4. The number of hydrogen-bond donors (Lipinski definition) is 2. The number of carbonyl (C=O) groups excluding carboxylic acids is 2. The number of benzene rings is 1. The summed E-state index contributed by atoms with van der Waals surface area (Å²) in [6.45, 7) is 2.97. The molecule has 0 radical (unpaired) electrons. The van der Waals surface area contributed by atoms with Crippen LogP contribution in [0.3, 0.4) is 0 Å². The smallest absolute Gasteiger partial charge is 0.265 e. The van der Waals surface area contributed by atoms with Gasteiger partial charge in [-0.2, -0.15) is 0 Å². The summed E-state index contributed by atoms with van der Waals surface area (Å²) in [6.07, 6.45) is -0.598. The monoisotopic (exact) mass is 313 g/mol. The van der Waals surface area contributed by atoms with E-state index in [2.05, 4.69) is 10.6 Å². The first-order valence-electron chi connectivity index (χ1n) is 6.55. The fraction of sp³-hybridized carbons (Fsp3) is 0.429. The number of fused-ring (bicyclic) bond motifs is 1. The summed E-state index contributed by atoms with van der Waals surface area (Å²) in [4.78, 5) is 25.6. The van der Waals surface area contributed by atoms with E-state index in [0.29, 0.717) is 30.1 Å². The molecule has 7 heteroatoms. The van der Waals surface area contributed by atoms with E-state index < -0.39 is 6.10 Å². The number of likely N-dealkylation sites (N-methyl/N-ethyl adjacent to an activating group) is 2. The van der Waals surface area contributed by atoms with Crippen molar-refractivity contribution in [3.8, 4) is 5.75 Å². The zero-order valence-electron chi connectivity index (χ0n) is 12.3. The molecule has 0 bridgehead atoms. The van der Waals surface area contributed by atoms with Crippen LogP contribution in [0.4, 0.5) is 5.69 Å². The molecule has 1 atom stereocenters. The third-order valence-corrected chi connectivity index (χ3v) is 3.21. The maximum atomic E-state index is 12.4. The SMILES string of the molecule is CNCCN(C)C(=O)c1cccc2c1OC(C)C(=O)N2.Cl. The van der Waals surface area contributed by atoms with Crippen LogP contribution in [-0.2, 0) is 4.79 Å². The van der Waals surface area contributed by atoms with Gasteiger partial charge in [0.15, 0.2) is 11.9 Å². The van der Waals surface area contributed by atoms with Crippen molar-refractivity contribution in [3.05, 3.63) is 23.8 Å². The number of anilines is 1. The van der Waals surface area contributed by atoms with Crippen molar-refractivity contribution in [1.29, 1.82) is 0 Å². The molecular weight excluding hydrogens is 294 g/mol. The highest BCUT2D eigenvalue weighted by molar-refractivity contribution is 6.03. The second kappa shape index (κ2) is 7.28. The summed E-state index contributed by atoms with van der Waals surface area (Å²) in [5.41, 5.74) is 1.01. The van der Waals surface area contributed by atoms with Crippen LogP contribution in [0.5, 0.6) is 5.75 Å². The zero-order valence-corrected chi connectivity index (χ0v) is 13.1. The van der Waals surface area contributed by atoms with E-state index >= 15 is 0 Å². The van der Waals surface area contributed by atoms with Gasteiger partial charge in [-0.1, -0.05) is 6.07 Å². The average molecular weight is 314 g/mol. The average Bonchev–Trinajstić information content (AvgIpc) is 2.44. The van der Waals surface area contributed by atoms with Gasteiger partial charge in [-0.25, -0.2) is 0 Å². The summed E-state index contributed by atoms with van der Waals surface area (Å²) < 4.78 is 5.58. The first-order valence-corrected chi connectivity index (χ1v) is 6.55. The summed E-state index contributed by atoms with van der Waals surface area (Å²) in [7, 11) is 3.58. The fourth-order valence-corrected chi connectivity index (χ4v) is 1.98. The molecule has 0 fully saturated rings. The number of nitrogens with zero attached hydrogens (tertiary/aromatic N) is 1. The molecule has 2 N–H and O–H groups in total. The first-order chi connectivity index (χ1) is 9.54. The predicted octanol–water partition coefficient (Wildman–Crippen LogP) is 1.12. The predicted molar refractivity (Wildman–Crippen MR) is 83.3 cm³/mol. The molecule has 0 aromatic heterocycles. The van der Waals surface area contributed by atoms with Crippen molar-refractivity contribution in [2.75, 3.05) is 32.5 Å². The van der Waals surface area contributed by atoms with Crippen molar-refractivity contribution < 1.29 is 14.3 Å². The third-order valence-electron chi connectivity index (χ3n) is 3.21. The molecular formula is C14H20ClN3O3. The maximum absolute atomic E-state index is 12.4. The van der Waals surface area contributed by atoms with Crippen LogP contribution in [0, 0.1) is 0 Å². The Bertz CT molecular complexity index is 536. The van der Waals surface area contributed by atoms with Crippen LogP contribution in [-0.4, -0.2) is 50.0 Å². The Kier molecular flexibility index (Phi) is 5.99. The summed E-state index contributed by atoms with van der Waals surface area (Å²) in [5, 5.41) is 5.74. The number of amides is 2. The Hall–Kier alpha value is -1.79. The van der Waals surface area contributed by atoms with Gasteiger partial charge in [-0.3, -0.25) is 9.59 Å². The minimum absolute atomic E-state index is 0. The lowest BCUT2D eigenvalue weighted by Gasteiger charge is -2.26. The molecule has 1 aliphatic heterocycles. The van der Waals surface area contributed by atoms with Gasteiger partial charge in [0.2, 0.25) is 0 Å². The molecule has 1 aliphatic rings. The summed E-state index contributed by atoms with van der Waals surface area (Å²) in [6, 6.07) is 5.17. The third kappa shape index (κ3) is 3.65. The van der Waals surface area contributed by atoms with Gasteiger partial charge < -0.3 is 20.3 Å². The van der Waals surface area contributed by atoms with E-state index in [4.69, 9.17) is 4.74 Å². The van der Waals surface area contributed by atoms with E-state index in [0.717, 1.165) is 0 Å². The standard InChI is InChI=1S/C14H19N3O3.ClH/c1-9-13(18)16-11-6-4-5-10(12(11)20-9)14(19)17(3)8-7-15-2;/h4-6,9,15H,7-8H2,1-3H3,(H,16,18);1H. The van der Waals surface area contributed by atoms with Crippen LogP contribution in [0.15, 0.2) is 18.2 Å². The van der Waals surface area contributed by atoms with Gasteiger partial charge >= 0.3 is 0 Å². The fourth-order valence-electron chi connectivity index (χ4n) is 1.98. The van der Waals surface area contributed by atoms with Crippen LogP contribution in [0.1, 0.15) is 17.3 Å². The van der Waals surface area contributed by atoms with Crippen molar-refractivity contribution in [1.82, 2.24) is 10.2 Å². The minimum atomic E-state index is -0.598. The molecule has 1 heterocycles. The van der Waals surface area contributed by atoms with Crippen molar-refractivity contribution >= 4 is 29.9 Å².